The summed E-state index contributed by atoms with van der Waals surface area (Å²) in [4.78, 5) is 2.54. The molecular weight excluding hydrogens is 246 g/mol. The minimum atomic E-state index is -0.677. The second kappa shape index (κ2) is 4.84. The summed E-state index contributed by atoms with van der Waals surface area (Å²) < 4.78 is 0. The van der Waals surface area contributed by atoms with Gasteiger partial charge < -0.3 is 10.0 Å². The van der Waals surface area contributed by atoms with Crippen molar-refractivity contribution in [3.8, 4) is 0 Å². The quantitative estimate of drug-likeness (QED) is 0.843. The van der Waals surface area contributed by atoms with Crippen molar-refractivity contribution in [1.29, 1.82) is 0 Å². The predicted molar refractivity (Wildman–Crippen MR) is 73.8 cm³/mol. The highest BCUT2D eigenvalue weighted by atomic mass is 35.5. The molecule has 0 spiro atoms. The summed E-state index contributed by atoms with van der Waals surface area (Å²) >= 11 is 6.04. The van der Waals surface area contributed by atoms with E-state index in [0.717, 1.165) is 24.9 Å². The zero-order chi connectivity index (χ0) is 12.6. The molecule has 0 bridgehead atoms. The second-order valence-corrected chi connectivity index (χ2v) is 6.12. The molecular formula is C15H20ClNO. The molecule has 2 aliphatic heterocycles. The number of piperidine rings is 2. The molecule has 1 aromatic carbocycles. The molecule has 2 aliphatic rings. The van der Waals surface area contributed by atoms with Crippen LogP contribution in [0.5, 0.6) is 0 Å². The van der Waals surface area contributed by atoms with E-state index in [4.69, 9.17) is 11.6 Å². The van der Waals surface area contributed by atoms with Crippen molar-refractivity contribution in [1.82, 2.24) is 4.90 Å². The van der Waals surface area contributed by atoms with Gasteiger partial charge in [-0.3, -0.25) is 0 Å². The second-order valence-electron chi connectivity index (χ2n) is 5.68. The van der Waals surface area contributed by atoms with Crippen LogP contribution in [0.1, 0.15) is 37.7 Å². The summed E-state index contributed by atoms with van der Waals surface area (Å²) in [6.07, 6.45) is 5.51. The molecule has 98 valence electrons. The third-order valence-corrected chi connectivity index (χ3v) is 4.73. The first-order valence-electron chi connectivity index (χ1n) is 6.90. The van der Waals surface area contributed by atoms with E-state index in [1.807, 2.05) is 24.3 Å². The Hall–Kier alpha value is -0.570. The Balaban J connectivity index is 1.83. The van der Waals surface area contributed by atoms with Gasteiger partial charge in [-0.15, -0.1) is 0 Å². The van der Waals surface area contributed by atoms with Crippen molar-refractivity contribution in [2.45, 2.75) is 43.7 Å². The lowest BCUT2D eigenvalue weighted by Gasteiger charge is -2.46. The lowest BCUT2D eigenvalue weighted by atomic mass is 9.78. The number of nitrogens with zero attached hydrogens (tertiary/aromatic N) is 1. The van der Waals surface area contributed by atoms with E-state index in [2.05, 4.69) is 4.90 Å². The van der Waals surface area contributed by atoms with Crippen LogP contribution in [0.4, 0.5) is 0 Å². The van der Waals surface area contributed by atoms with E-state index in [-0.39, 0.29) is 0 Å². The summed E-state index contributed by atoms with van der Waals surface area (Å²) in [7, 11) is 0. The standard InChI is InChI=1S/C15H20ClNO/c16-13-5-3-4-12(10-13)15(18)7-9-17-8-2-1-6-14(17)11-15/h3-5,10,14,18H,1-2,6-9,11H2/t14-,15?/m1/s1. The fraction of sp³-hybridized carbons (Fsp3) is 0.600. The van der Waals surface area contributed by atoms with Gasteiger partial charge in [0.25, 0.3) is 0 Å². The zero-order valence-electron chi connectivity index (χ0n) is 10.6. The van der Waals surface area contributed by atoms with Gasteiger partial charge in [0.1, 0.15) is 0 Å². The van der Waals surface area contributed by atoms with Crippen molar-refractivity contribution < 1.29 is 5.11 Å². The molecule has 2 nitrogen and oxygen atoms in total. The van der Waals surface area contributed by atoms with Crippen molar-refractivity contribution in [2.24, 2.45) is 0 Å². The van der Waals surface area contributed by atoms with Crippen LogP contribution >= 0.6 is 11.6 Å². The van der Waals surface area contributed by atoms with Crippen molar-refractivity contribution in [3.63, 3.8) is 0 Å². The first-order chi connectivity index (χ1) is 8.67. The predicted octanol–water partition coefficient (Wildman–Crippen LogP) is 3.18. The zero-order valence-corrected chi connectivity index (χ0v) is 11.4. The summed E-state index contributed by atoms with van der Waals surface area (Å²) in [6.45, 7) is 2.21. The van der Waals surface area contributed by atoms with Crippen molar-refractivity contribution >= 4 is 11.6 Å². The highest BCUT2D eigenvalue weighted by Gasteiger charge is 2.40. The highest BCUT2D eigenvalue weighted by molar-refractivity contribution is 6.30. The maximum Gasteiger partial charge on any atom is 0.0924 e. The van der Waals surface area contributed by atoms with Gasteiger partial charge in [-0.05, 0) is 49.9 Å². The van der Waals surface area contributed by atoms with Gasteiger partial charge in [0, 0.05) is 17.6 Å². The number of hydrogen-bond acceptors (Lipinski definition) is 2. The van der Waals surface area contributed by atoms with Gasteiger partial charge in [-0.1, -0.05) is 30.2 Å². The van der Waals surface area contributed by atoms with Crippen LogP contribution in [-0.4, -0.2) is 29.1 Å². The van der Waals surface area contributed by atoms with Crippen LogP contribution in [0, 0.1) is 0 Å². The number of rotatable bonds is 1. The largest absolute Gasteiger partial charge is 0.385 e. The van der Waals surface area contributed by atoms with Gasteiger partial charge in [-0.25, -0.2) is 0 Å². The molecule has 0 saturated carbocycles. The third-order valence-electron chi connectivity index (χ3n) is 4.50. The van der Waals surface area contributed by atoms with Crippen LogP contribution in [0.25, 0.3) is 0 Å². The number of fused-ring (bicyclic) bond motifs is 1. The molecule has 3 rings (SSSR count). The molecule has 2 fully saturated rings. The third kappa shape index (κ3) is 2.29. The van der Waals surface area contributed by atoms with E-state index >= 15 is 0 Å². The molecule has 0 aromatic heterocycles. The Bertz CT molecular complexity index is 436. The van der Waals surface area contributed by atoms with E-state index in [1.54, 1.807) is 0 Å². The monoisotopic (exact) mass is 265 g/mol. The molecule has 1 unspecified atom stereocenters. The number of hydrogen-bond donors (Lipinski definition) is 1. The average molecular weight is 266 g/mol. The van der Waals surface area contributed by atoms with Gasteiger partial charge in [-0.2, -0.15) is 0 Å². The van der Waals surface area contributed by atoms with E-state index in [1.165, 1.54) is 25.8 Å². The first-order valence-corrected chi connectivity index (χ1v) is 7.28. The van der Waals surface area contributed by atoms with Crippen molar-refractivity contribution in [2.75, 3.05) is 13.1 Å². The average Bonchev–Trinajstić information content (AvgIpc) is 2.38. The molecule has 1 N–H and O–H groups in total. The summed E-state index contributed by atoms with van der Waals surface area (Å²) in [5.41, 5.74) is 0.309. The Morgan fingerprint density at radius 1 is 1.28 bits per heavy atom. The maximum absolute atomic E-state index is 10.9. The highest BCUT2D eigenvalue weighted by Crippen LogP contribution is 2.39. The molecule has 2 heterocycles. The van der Waals surface area contributed by atoms with E-state index in [9.17, 15) is 5.11 Å². The molecule has 1 aromatic rings. The number of aliphatic hydroxyl groups is 1. The minimum Gasteiger partial charge on any atom is -0.385 e. The fourth-order valence-corrected chi connectivity index (χ4v) is 3.64. The maximum atomic E-state index is 10.9. The number of halogens is 1. The molecule has 0 amide bonds. The Morgan fingerprint density at radius 2 is 2.17 bits per heavy atom. The lowest BCUT2D eigenvalue weighted by molar-refractivity contribution is -0.0611. The molecule has 2 saturated heterocycles. The van der Waals surface area contributed by atoms with E-state index in [0.29, 0.717) is 11.1 Å². The minimum absolute atomic E-state index is 0.552. The number of benzene rings is 1. The first kappa shape index (κ1) is 12.5. The topological polar surface area (TPSA) is 23.5 Å². The summed E-state index contributed by atoms with van der Waals surface area (Å²) in [5, 5.41) is 11.6. The Kier molecular flexibility index (Phi) is 3.35. The Morgan fingerprint density at radius 3 is 3.00 bits per heavy atom. The lowest BCUT2D eigenvalue weighted by Crippen LogP contribution is -2.50. The summed E-state index contributed by atoms with van der Waals surface area (Å²) in [5.74, 6) is 0. The molecule has 0 radical (unpaired) electrons. The molecule has 0 aliphatic carbocycles. The van der Waals surface area contributed by atoms with Crippen LogP contribution < -0.4 is 0 Å². The Labute approximate surface area is 114 Å². The molecule has 2 atom stereocenters. The SMILES string of the molecule is OC1(c2cccc(Cl)c2)CCN2CCCC[C@@H]2C1. The van der Waals surface area contributed by atoms with Gasteiger partial charge in [0.2, 0.25) is 0 Å². The molecule has 3 heteroatoms. The van der Waals surface area contributed by atoms with Crippen LogP contribution in [0.15, 0.2) is 24.3 Å². The normalized spacial score (nSPS) is 33.1. The smallest absolute Gasteiger partial charge is 0.0924 e. The fourth-order valence-electron chi connectivity index (χ4n) is 3.45. The molecule has 18 heavy (non-hydrogen) atoms. The van der Waals surface area contributed by atoms with Crippen LogP contribution in [0.2, 0.25) is 5.02 Å². The summed E-state index contributed by atoms with van der Waals surface area (Å²) in [6, 6.07) is 8.27. The van der Waals surface area contributed by atoms with Crippen LogP contribution in [0.3, 0.4) is 0 Å². The van der Waals surface area contributed by atoms with Crippen LogP contribution in [-0.2, 0) is 5.60 Å². The van der Waals surface area contributed by atoms with E-state index < -0.39 is 5.60 Å². The van der Waals surface area contributed by atoms with Crippen molar-refractivity contribution in [3.05, 3.63) is 34.9 Å². The van der Waals surface area contributed by atoms with Gasteiger partial charge in [0.05, 0.1) is 5.60 Å². The van der Waals surface area contributed by atoms with Gasteiger partial charge >= 0.3 is 0 Å². The van der Waals surface area contributed by atoms with Gasteiger partial charge in [0.15, 0.2) is 0 Å².